The number of halogens is 3. The minimum atomic E-state index is -4.55. The normalized spacial score (nSPS) is 11.3. The summed E-state index contributed by atoms with van der Waals surface area (Å²) in [5.74, 6) is -0.152. The number of nitrogens with two attached hydrogens (primary N) is 1. The summed E-state index contributed by atoms with van der Waals surface area (Å²) < 4.78 is 43.6. The average molecular weight is 269 g/mol. The van der Waals surface area contributed by atoms with Gasteiger partial charge in [0.05, 0.1) is 0 Å². The summed E-state index contributed by atoms with van der Waals surface area (Å²) in [6.45, 7) is 0. The molecule has 0 spiro atoms. The Morgan fingerprint density at radius 1 is 1.00 bits per heavy atom. The predicted molar refractivity (Wildman–Crippen MR) is 64.0 cm³/mol. The number of phenolic OH excluding ortho intramolecular Hbond substituents is 1. The van der Waals surface area contributed by atoms with Crippen LogP contribution in [0.25, 0.3) is 0 Å². The van der Waals surface area contributed by atoms with E-state index in [0.29, 0.717) is 0 Å². The van der Waals surface area contributed by atoms with E-state index in [2.05, 4.69) is 0 Å². The van der Waals surface area contributed by atoms with Gasteiger partial charge in [-0.3, -0.25) is 0 Å². The molecule has 0 saturated carbocycles. The molecule has 3 nitrogen and oxygen atoms in total. The smallest absolute Gasteiger partial charge is 0.420 e. The number of aromatic hydroxyl groups is 1. The van der Waals surface area contributed by atoms with Crippen molar-refractivity contribution in [3.63, 3.8) is 0 Å². The third-order valence-corrected chi connectivity index (χ3v) is 2.37. The van der Waals surface area contributed by atoms with E-state index in [0.717, 1.165) is 12.1 Å². The Morgan fingerprint density at radius 2 is 1.63 bits per heavy atom. The molecule has 0 fully saturated rings. The zero-order chi connectivity index (χ0) is 14.0. The molecule has 2 aromatic carbocycles. The zero-order valence-electron chi connectivity index (χ0n) is 9.61. The van der Waals surface area contributed by atoms with Crippen LogP contribution in [-0.4, -0.2) is 5.11 Å². The number of phenols is 1. The van der Waals surface area contributed by atoms with Crippen LogP contribution in [0.4, 0.5) is 18.9 Å². The molecule has 6 heteroatoms. The standard InChI is InChI=1S/C13H10F3NO2/c14-13(15,16)11-7-8(17)1-6-12(11)19-10-4-2-9(18)3-5-10/h1-7,18H,17H2. The van der Waals surface area contributed by atoms with Gasteiger partial charge in [0.15, 0.2) is 0 Å². The Hall–Kier alpha value is -2.37. The lowest BCUT2D eigenvalue weighted by Crippen LogP contribution is -2.08. The first-order chi connectivity index (χ1) is 8.86. The van der Waals surface area contributed by atoms with E-state index < -0.39 is 11.7 Å². The Balaban J connectivity index is 2.37. The van der Waals surface area contributed by atoms with Crippen molar-refractivity contribution in [1.82, 2.24) is 0 Å². The summed E-state index contributed by atoms with van der Waals surface area (Å²) in [6.07, 6.45) is -4.55. The van der Waals surface area contributed by atoms with E-state index >= 15 is 0 Å². The van der Waals surface area contributed by atoms with Gasteiger partial charge in [0.25, 0.3) is 0 Å². The molecular weight excluding hydrogens is 259 g/mol. The van der Waals surface area contributed by atoms with Crippen LogP contribution in [-0.2, 0) is 6.18 Å². The molecule has 2 aromatic rings. The van der Waals surface area contributed by atoms with Gasteiger partial charge >= 0.3 is 6.18 Å². The van der Waals surface area contributed by atoms with Crippen LogP contribution < -0.4 is 10.5 Å². The third-order valence-electron chi connectivity index (χ3n) is 2.37. The Bertz CT molecular complexity index is 579. The van der Waals surface area contributed by atoms with Crippen molar-refractivity contribution in [1.29, 1.82) is 0 Å². The van der Waals surface area contributed by atoms with Gasteiger partial charge in [0, 0.05) is 5.69 Å². The number of ether oxygens (including phenoxy) is 1. The number of alkyl halides is 3. The lowest BCUT2D eigenvalue weighted by molar-refractivity contribution is -0.138. The van der Waals surface area contributed by atoms with Gasteiger partial charge in [-0.25, -0.2) is 0 Å². The number of anilines is 1. The maximum Gasteiger partial charge on any atom is 0.420 e. The van der Waals surface area contributed by atoms with Gasteiger partial charge < -0.3 is 15.6 Å². The van der Waals surface area contributed by atoms with Crippen molar-refractivity contribution in [2.24, 2.45) is 0 Å². The average Bonchev–Trinajstić information content (AvgIpc) is 2.33. The van der Waals surface area contributed by atoms with Crippen LogP contribution in [0, 0.1) is 0 Å². The summed E-state index contributed by atoms with van der Waals surface area (Å²) in [4.78, 5) is 0. The topological polar surface area (TPSA) is 55.5 Å². The van der Waals surface area contributed by atoms with E-state index in [1.54, 1.807) is 0 Å². The molecule has 0 heterocycles. The maximum absolute atomic E-state index is 12.8. The predicted octanol–water partition coefficient (Wildman–Crippen LogP) is 3.79. The SMILES string of the molecule is Nc1ccc(Oc2ccc(O)cc2)c(C(F)(F)F)c1. The van der Waals surface area contributed by atoms with Crippen molar-refractivity contribution in [3.05, 3.63) is 48.0 Å². The van der Waals surface area contributed by atoms with Crippen LogP contribution in [0.1, 0.15) is 5.56 Å². The van der Waals surface area contributed by atoms with Gasteiger partial charge in [0.1, 0.15) is 22.8 Å². The zero-order valence-corrected chi connectivity index (χ0v) is 9.61. The van der Waals surface area contributed by atoms with Gasteiger partial charge in [0.2, 0.25) is 0 Å². The molecule has 0 unspecified atom stereocenters. The monoisotopic (exact) mass is 269 g/mol. The van der Waals surface area contributed by atoms with E-state index in [9.17, 15) is 13.2 Å². The molecule has 0 amide bonds. The first kappa shape index (κ1) is 13.1. The van der Waals surface area contributed by atoms with Gasteiger partial charge in [-0.1, -0.05) is 0 Å². The minimum Gasteiger partial charge on any atom is -0.508 e. The first-order valence-corrected chi connectivity index (χ1v) is 5.30. The van der Waals surface area contributed by atoms with Crippen LogP contribution in [0.15, 0.2) is 42.5 Å². The molecule has 0 radical (unpaired) electrons. The highest BCUT2D eigenvalue weighted by atomic mass is 19.4. The molecule has 0 aromatic heterocycles. The molecule has 0 aliphatic rings. The van der Waals surface area contributed by atoms with Crippen molar-refractivity contribution >= 4 is 5.69 Å². The van der Waals surface area contributed by atoms with Crippen LogP contribution in [0.3, 0.4) is 0 Å². The molecule has 19 heavy (non-hydrogen) atoms. The second kappa shape index (κ2) is 4.72. The fourth-order valence-electron chi connectivity index (χ4n) is 1.50. The second-order valence-corrected chi connectivity index (χ2v) is 3.85. The molecule has 0 bridgehead atoms. The van der Waals surface area contributed by atoms with Crippen LogP contribution in [0.5, 0.6) is 17.2 Å². The largest absolute Gasteiger partial charge is 0.508 e. The number of nitrogen functional groups attached to an aromatic ring is 1. The molecule has 2 rings (SSSR count). The summed E-state index contributed by atoms with van der Waals surface area (Å²) in [5, 5.41) is 9.09. The highest BCUT2D eigenvalue weighted by Crippen LogP contribution is 2.39. The number of rotatable bonds is 2. The molecule has 0 saturated heterocycles. The molecule has 100 valence electrons. The molecule has 0 aliphatic carbocycles. The number of hydrogen-bond acceptors (Lipinski definition) is 3. The minimum absolute atomic E-state index is 0.000649. The fourth-order valence-corrected chi connectivity index (χ4v) is 1.50. The number of hydrogen-bond donors (Lipinski definition) is 2. The highest BCUT2D eigenvalue weighted by Gasteiger charge is 2.34. The number of benzene rings is 2. The van der Waals surface area contributed by atoms with Gasteiger partial charge in [-0.2, -0.15) is 13.2 Å². The van der Waals surface area contributed by atoms with Crippen molar-refractivity contribution in [2.75, 3.05) is 5.73 Å². The van der Waals surface area contributed by atoms with Crippen molar-refractivity contribution in [3.8, 4) is 17.2 Å². The lowest BCUT2D eigenvalue weighted by atomic mass is 10.1. The Kier molecular flexibility index (Phi) is 3.25. The van der Waals surface area contributed by atoms with Crippen LogP contribution in [0.2, 0.25) is 0 Å². The van der Waals surface area contributed by atoms with E-state index in [-0.39, 0.29) is 22.9 Å². The summed E-state index contributed by atoms with van der Waals surface area (Å²) in [7, 11) is 0. The Labute approximate surface area is 107 Å². The quantitative estimate of drug-likeness (QED) is 0.815. The highest BCUT2D eigenvalue weighted by molar-refractivity contribution is 5.50. The van der Waals surface area contributed by atoms with E-state index in [1.807, 2.05) is 0 Å². The summed E-state index contributed by atoms with van der Waals surface area (Å²) in [6, 6.07) is 8.67. The second-order valence-electron chi connectivity index (χ2n) is 3.85. The van der Waals surface area contributed by atoms with E-state index in [4.69, 9.17) is 15.6 Å². The fraction of sp³-hybridized carbons (Fsp3) is 0.0769. The lowest BCUT2D eigenvalue weighted by Gasteiger charge is -2.14. The van der Waals surface area contributed by atoms with Gasteiger partial charge in [-0.05, 0) is 42.5 Å². The first-order valence-electron chi connectivity index (χ1n) is 5.30. The van der Waals surface area contributed by atoms with Gasteiger partial charge in [-0.15, -0.1) is 0 Å². The summed E-state index contributed by atoms with van der Waals surface area (Å²) in [5.41, 5.74) is 4.41. The van der Waals surface area contributed by atoms with E-state index in [1.165, 1.54) is 30.3 Å². The third kappa shape index (κ3) is 3.09. The van der Waals surface area contributed by atoms with Crippen molar-refractivity contribution < 1.29 is 23.0 Å². The van der Waals surface area contributed by atoms with Crippen LogP contribution >= 0.6 is 0 Å². The molecular formula is C13H10F3NO2. The Morgan fingerprint density at radius 3 is 2.21 bits per heavy atom. The molecule has 3 N–H and O–H groups in total. The maximum atomic E-state index is 12.8. The van der Waals surface area contributed by atoms with Crippen molar-refractivity contribution in [2.45, 2.75) is 6.18 Å². The molecule has 0 atom stereocenters. The molecule has 0 aliphatic heterocycles. The summed E-state index contributed by atoms with van der Waals surface area (Å²) >= 11 is 0.